The van der Waals surface area contributed by atoms with Gasteiger partial charge in [-0.1, -0.05) is 19.1 Å². The zero-order valence-electron chi connectivity index (χ0n) is 11.2. The molecule has 0 radical (unpaired) electrons. The van der Waals surface area contributed by atoms with E-state index in [2.05, 4.69) is 10.6 Å². The molecule has 2 unspecified atom stereocenters. The van der Waals surface area contributed by atoms with E-state index in [1.165, 1.54) is 0 Å². The summed E-state index contributed by atoms with van der Waals surface area (Å²) in [5, 5.41) is 15.1. The van der Waals surface area contributed by atoms with E-state index in [4.69, 9.17) is 5.11 Å². The zero-order valence-corrected chi connectivity index (χ0v) is 11.2. The van der Waals surface area contributed by atoms with Gasteiger partial charge in [0.25, 0.3) is 5.91 Å². The van der Waals surface area contributed by atoms with Gasteiger partial charge in [0.1, 0.15) is 0 Å². The van der Waals surface area contributed by atoms with E-state index in [-0.39, 0.29) is 24.5 Å². The van der Waals surface area contributed by atoms with Crippen LogP contribution in [0.25, 0.3) is 0 Å². The van der Waals surface area contributed by atoms with E-state index in [9.17, 15) is 4.79 Å². The average molecular weight is 250 g/mol. The Morgan fingerprint density at radius 1 is 1.33 bits per heavy atom. The first-order valence-electron chi connectivity index (χ1n) is 6.34. The number of benzene rings is 1. The second kappa shape index (κ2) is 7.01. The van der Waals surface area contributed by atoms with Crippen LogP contribution in [0.2, 0.25) is 0 Å². The molecule has 1 rings (SSSR count). The molecule has 1 amide bonds. The highest BCUT2D eigenvalue weighted by molar-refractivity contribution is 5.99. The summed E-state index contributed by atoms with van der Waals surface area (Å²) in [6, 6.07) is 7.37. The van der Waals surface area contributed by atoms with Gasteiger partial charge in [-0.05, 0) is 31.9 Å². The van der Waals surface area contributed by atoms with Crippen LogP contribution in [0.3, 0.4) is 0 Å². The van der Waals surface area contributed by atoms with Crippen molar-refractivity contribution < 1.29 is 9.90 Å². The summed E-state index contributed by atoms with van der Waals surface area (Å²) < 4.78 is 0. The standard InChI is InChI=1S/C14H22N2O2/c1-4-15-13-8-6-5-7-12(13)14(18)16-11(3)10(2)9-17/h5-8,10-11,15,17H,4,9H2,1-3H3,(H,16,18). The Bertz CT molecular complexity index is 393. The Morgan fingerprint density at radius 2 is 2.00 bits per heavy atom. The Balaban J connectivity index is 2.77. The van der Waals surface area contributed by atoms with E-state index in [0.717, 1.165) is 12.2 Å². The van der Waals surface area contributed by atoms with Gasteiger partial charge in [-0.15, -0.1) is 0 Å². The SMILES string of the molecule is CCNc1ccccc1C(=O)NC(C)C(C)CO. The van der Waals surface area contributed by atoms with Gasteiger partial charge in [0.15, 0.2) is 0 Å². The number of hydrogen-bond donors (Lipinski definition) is 3. The summed E-state index contributed by atoms with van der Waals surface area (Å²) in [5.41, 5.74) is 1.47. The Hall–Kier alpha value is -1.55. The topological polar surface area (TPSA) is 61.4 Å². The fourth-order valence-electron chi connectivity index (χ4n) is 1.61. The van der Waals surface area contributed by atoms with Gasteiger partial charge in [0, 0.05) is 24.9 Å². The maximum Gasteiger partial charge on any atom is 0.253 e. The van der Waals surface area contributed by atoms with Crippen molar-refractivity contribution in [2.24, 2.45) is 5.92 Å². The van der Waals surface area contributed by atoms with Gasteiger partial charge in [-0.25, -0.2) is 0 Å². The highest BCUT2D eigenvalue weighted by Crippen LogP contribution is 2.15. The van der Waals surface area contributed by atoms with Crippen molar-refractivity contribution in [3.63, 3.8) is 0 Å². The molecule has 0 spiro atoms. The van der Waals surface area contributed by atoms with E-state index >= 15 is 0 Å². The summed E-state index contributed by atoms with van der Waals surface area (Å²) >= 11 is 0. The van der Waals surface area contributed by atoms with E-state index < -0.39 is 0 Å². The maximum atomic E-state index is 12.1. The zero-order chi connectivity index (χ0) is 13.5. The van der Waals surface area contributed by atoms with Crippen molar-refractivity contribution in [3.8, 4) is 0 Å². The van der Waals surface area contributed by atoms with Gasteiger partial charge < -0.3 is 15.7 Å². The minimum Gasteiger partial charge on any atom is -0.396 e. The minimum absolute atomic E-state index is 0.0419. The molecule has 4 heteroatoms. The predicted octanol–water partition coefficient (Wildman–Crippen LogP) is 1.87. The molecule has 0 aliphatic carbocycles. The molecule has 1 aromatic rings. The van der Waals surface area contributed by atoms with E-state index in [1.807, 2.05) is 39.0 Å². The van der Waals surface area contributed by atoms with Crippen LogP contribution < -0.4 is 10.6 Å². The van der Waals surface area contributed by atoms with Crippen molar-refractivity contribution in [2.75, 3.05) is 18.5 Å². The Labute approximate surface area is 108 Å². The van der Waals surface area contributed by atoms with Crippen LogP contribution in [0.5, 0.6) is 0 Å². The van der Waals surface area contributed by atoms with Crippen molar-refractivity contribution >= 4 is 11.6 Å². The Morgan fingerprint density at radius 3 is 2.61 bits per heavy atom. The first-order valence-corrected chi connectivity index (χ1v) is 6.34. The van der Waals surface area contributed by atoms with Crippen LogP contribution in [-0.2, 0) is 0 Å². The highest BCUT2D eigenvalue weighted by atomic mass is 16.3. The molecule has 0 saturated carbocycles. The molecular formula is C14H22N2O2. The summed E-state index contributed by atoms with van der Waals surface area (Å²) in [7, 11) is 0. The van der Waals surface area contributed by atoms with Crippen LogP contribution in [0.15, 0.2) is 24.3 Å². The molecule has 0 bridgehead atoms. The lowest BCUT2D eigenvalue weighted by Gasteiger charge is -2.20. The number of nitrogens with one attached hydrogen (secondary N) is 2. The fraction of sp³-hybridized carbons (Fsp3) is 0.500. The summed E-state index contributed by atoms with van der Waals surface area (Å²) in [6.45, 7) is 6.63. The third kappa shape index (κ3) is 3.74. The highest BCUT2D eigenvalue weighted by Gasteiger charge is 2.16. The molecular weight excluding hydrogens is 228 g/mol. The van der Waals surface area contributed by atoms with Gasteiger partial charge in [-0.2, -0.15) is 0 Å². The molecule has 0 heterocycles. The number of carbonyl (C=O) groups is 1. The van der Waals surface area contributed by atoms with Gasteiger partial charge in [0.05, 0.1) is 5.56 Å². The number of hydrogen-bond acceptors (Lipinski definition) is 3. The lowest BCUT2D eigenvalue weighted by Crippen LogP contribution is -2.38. The van der Waals surface area contributed by atoms with Crippen LogP contribution >= 0.6 is 0 Å². The molecule has 2 atom stereocenters. The Kier molecular flexibility index (Phi) is 5.65. The largest absolute Gasteiger partial charge is 0.396 e. The van der Waals surface area contributed by atoms with Crippen molar-refractivity contribution in [2.45, 2.75) is 26.8 Å². The minimum atomic E-state index is -0.112. The second-order valence-electron chi connectivity index (χ2n) is 4.50. The molecule has 100 valence electrons. The monoisotopic (exact) mass is 250 g/mol. The number of aliphatic hydroxyl groups is 1. The summed E-state index contributed by atoms with van der Waals surface area (Å²) in [4.78, 5) is 12.1. The molecule has 18 heavy (non-hydrogen) atoms. The number of para-hydroxylation sites is 1. The van der Waals surface area contributed by atoms with Crippen molar-refractivity contribution in [1.29, 1.82) is 0 Å². The molecule has 3 N–H and O–H groups in total. The van der Waals surface area contributed by atoms with Gasteiger partial charge in [-0.3, -0.25) is 4.79 Å². The van der Waals surface area contributed by atoms with Gasteiger partial charge in [0.2, 0.25) is 0 Å². The molecule has 0 aromatic heterocycles. The average Bonchev–Trinajstić information content (AvgIpc) is 2.38. The van der Waals surface area contributed by atoms with E-state index in [1.54, 1.807) is 6.07 Å². The number of carbonyl (C=O) groups excluding carboxylic acids is 1. The van der Waals surface area contributed by atoms with E-state index in [0.29, 0.717) is 5.56 Å². The summed E-state index contributed by atoms with van der Waals surface area (Å²) in [6.07, 6.45) is 0. The number of amides is 1. The fourth-order valence-corrected chi connectivity index (χ4v) is 1.61. The third-order valence-electron chi connectivity index (χ3n) is 3.04. The summed E-state index contributed by atoms with van der Waals surface area (Å²) in [5.74, 6) is -0.0698. The van der Waals surface area contributed by atoms with Crippen LogP contribution in [0.1, 0.15) is 31.1 Å². The molecule has 0 aliphatic rings. The molecule has 0 fully saturated rings. The molecule has 1 aromatic carbocycles. The molecule has 4 nitrogen and oxygen atoms in total. The van der Waals surface area contributed by atoms with Crippen LogP contribution in [0.4, 0.5) is 5.69 Å². The molecule has 0 saturated heterocycles. The quantitative estimate of drug-likeness (QED) is 0.722. The number of aliphatic hydroxyl groups excluding tert-OH is 1. The lowest BCUT2D eigenvalue weighted by atomic mass is 10.0. The normalized spacial score (nSPS) is 13.8. The second-order valence-corrected chi connectivity index (χ2v) is 4.50. The first kappa shape index (κ1) is 14.5. The number of rotatable bonds is 6. The first-order chi connectivity index (χ1) is 8.60. The lowest BCUT2D eigenvalue weighted by molar-refractivity contribution is 0.0917. The third-order valence-corrected chi connectivity index (χ3v) is 3.04. The van der Waals surface area contributed by atoms with Crippen LogP contribution in [-0.4, -0.2) is 30.2 Å². The van der Waals surface area contributed by atoms with Crippen molar-refractivity contribution in [3.05, 3.63) is 29.8 Å². The maximum absolute atomic E-state index is 12.1. The smallest absolute Gasteiger partial charge is 0.253 e. The van der Waals surface area contributed by atoms with Gasteiger partial charge >= 0.3 is 0 Å². The van der Waals surface area contributed by atoms with Crippen molar-refractivity contribution in [1.82, 2.24) is 5.32 Å². The van der Waals surface area contributed by atoms with Crippen LogP contribution in [0, 0.1) is 5.92 Å². The molecule has 0 aliphatic heterocycles. The number of anilines is 1. The predicted molar refractivity (Wildman–Crippen MR) is 73.8 cm³/mol.